The van der Waals surface area contributed by atoms with Crippen LogP contribution in [0.4, 0.5) is 0 Å². The van der Waals surface area contributed by atoms with Crippen molar-refractivity contribution in [2.45, 2.75) is 32.4 Å². The molecule has 0 fully saturated rings. The number of amides is 1. The second kappa shape index (κ2) is 6.91. The van der Waals surface area contributed by atoms with Crippen LogP contribution in [0.1, 0.15) is 19.4 Å². The van der Waals surface area contributed by atoms with Gasteiger partial charge in [-0.05, 0) is 23.6 Å². The molecule has 5 N–H and O–H groups in total. The molecular formula is C14H20N2O4. The van der Waals surface area contributed by atoms with E-state index < -0.39 is 24.0 Å². The van der Waals surface area contributed by atoms with Crippen molar-refractivity contribution < 1.29 is 19.8 Å². The quantitative estimate of drug-likeness (QED) is 0.605. The maximum Gasteiger partial charge on any atom is 0.326 e. The highest BCUT2D eigenvalue weighted by Crippen LogP contribution is 2.11. The summed E-state index contributed by atoms with van der Waals surface area (Å²) in [7, 11) is 0. The second-order valence-electron chi connectivity index (χ2n) is 5.04. The first-order valence-electron chi connectivity index (χ1n) is 6.38. The lowest BCUT2D eigenvalue weighted by Gasteiger charge is -2.19. The minimum Gasteiger partial charge on any atom is -0.508 e. The fourth-order valence-corrected chi connectivity index (χ4v) is 1.64. The van der Waals surface area contributed by atoms with Gasteiger partial charge in [0.15, 0.2) is 0 Å². The average Bonchev–Trinajstić information content (AvgIpc) is 2.39. The Bertz CT molecular complexity index is 471. The summed E-state index contributed by atoms with van der Waals surface area (Å²) in [6.07, 6.45) is 0.131. The number of nitrogens with one attached hydrogen (secondary N) is 1. The number of aliphatic carboxylic acids is 1. The summed E-state index contributed by atoms with van der Waals surface area (Å²) in [5.74, 6) is -1.57. The van der Waals surface area contributed by atoms with Crippen LogP contribution < -0.4 is 11.1 Å². The zero-order valence-corrected chi connectivity index (χ0v) is 11.5. The van der Waals surface area contributed by atoms with Gasteiger partial charge in [-0.2, -0.15) is 0 Å². The summed E-state index contributed by atoms with van der Waals surface area (Å²) in [6.45, 7) is 3.58. The van der Waals surface area contributed by atoms with Gasteiger partial charge in [0.25, 0.3) is 0 Å². The fraction of sp³-hybridized carbons (Fsp3) is 0.429. The van der Waals surface area contributed by atoms with Crippen LogP contribution >= 0.6 is 0 Å². The third kappa shape index (κ3) is 4.55. The predicted molar refractivity (Wildman–Crippen MR) is 74.2 cm³/mol. The number of carboxylic acid groups (broad SMARTS) is 1. The zero-order valence-electron chi connectivity index (χ0n) is 11.5. The maximum absolute atomic E-state index is 11.8. The van der Waals surface area contributed by atoms with Gasteiger partial charge in [0.05, 0.1) is 6.04 Å². The number of benzene rings is 1. The summed E-state index contributed by atoms with van der Waals surface area (Å²) in [6, 6.07) is 4.37. The standard InChI is InChI=1S/C14H20N2O4/c1-8(2)12(15)13(18)16-11(14(19)20)7-9-3-5-10(17)6-4-9/h3-6,8,11-12,17H,7,15H2,1-2H3,(H,16,18)(H,19,20)/t11?,12-/m0/s1. The third-order valence-electron chi connectivity index (χ3n) is 3.01. The predicted octanol–water partition coefficient (Wildman–Crippen LogP) is 0.487. The third-order valence-corrected chi connectivity index (χ3v) is 3.01. The summed E-state index contributed by atoms with van der Waals surface area (Å²) < 4.78 is 0. The van der Waals surface area contributed by atoms with E-state index in [4.69, 9.17) is 10.8 Å². The van der Waals surface area contributed by atoms with E-state index in [9.17, 15) is 14.7 Å². The van der Waals surface area contributed by atoms with Crippen LogP contribution in [0.25, 0.3) is 0 Å². The van der Waals surface area contributed by atoms with Crippen LogP contribution in [0.2, 0.25) is 0 Å². The molecule has 0 aromatic heterocycles. The van der Waals surface area contributed by atoms with Crippen LogP contribution in [0.3, 0.4) is 0 Å². The number of carboxylic acids is 1. The number of carbonyl (C=O) groups is 2. The number of phenolic OH excluding ortho intramolecular Hbond substituents is 1. The van der Waals surface area contributed by atoms with Crippen molar-refractivity contribution in [1.29, 1.82) is 0 Å². The van der Waals surface area contributed by atoms with Crippen molar-refractivity contribution in [3.05, 3.63) is 29.8 Å². The van der Waals surface area contributed by atoms with E-state index in [2.05, 4.69) is 5.32 Å². The van der Waals surface area contributed by atoms with Gasteiger partial charge in [-0.25, -0.2) is 4.79 Å². The first-order chi connectivity index (χ1) is 9.31. The molecule has 1 amide bonds. The molecule has 0 bridgehead atoms. The van der Waals surface area contributed by atoms with E-state index in [0.717, 1.165) is 0 Å². The molecule has 0 aliphatic rings. The van der Waals surface area contributed by atoms with E-state index in [1.807, 2.05) is 0 Å². The molecule has 0 saturated carbocycles. The molecule has 0 spiro atoms. The Kier molecular flexibility index (Phi) is 5.52. The number of rotatable bonds is 6. The Balaban J connectivity index is 2.72. The van der Waals surface area contributed by atoms with Crippen LogP contribution in [0.15, 0.2) is 24.3 Å². The Hall–Kier alpha value is -2.08. The number of phenols is 1. The van der Waals surface area contributed by atoms with Gasteiger partial charge in [-0.3, -0.25) is 4.79 Å². The van der Waals surface area contributed by atoms with E-state index >= 15 is 0 Å². The summed E-state index contributed by atoms with van der Waals surface area (Å²) >= 11 is 0. The lowest BCUT2D eigenvalue weighted by Crippen LogP contribution is -2.51. The van der Waals surface area contributed by atoms with Gasteiger partial charge in [0.1, 0.15) is 11.8 Å². The van der Waals surface area contributed by atoms with Crippen LogP contribution in [0.5, 0.6) is 5.75 Å². The number of aromatic hydroxyl groups is 1. The molecule has 6 heteroatoms. The van der Waals surface area contributed by atoms with Crippen molar-refractivity contribution in [3.8, 4) is 5.75 Å². The topological polar surface area (TPSA) is 113 Å². The van der Waals surface area contributed by atoms with Crippen molar-refractivity contribution in [3.63, 3.8) is 0 Å². The van der Waals surface area contributed by atoms with Crippen molar-refractivity contribution in [2.24, 2.45) is 11.7 Å². The Morgan fingerprint density at radius 3 is 2.25 bits per heavy atom. The van der Waals surface area contributed by atoms with Crippen LogP contribution in [0, 0.1) is 5.92 Å². The largest absolute Gasteiger partial charge is 0.508 e. The highest BCUT2D eigenvalue weighted by molar-refractivity contribution is 5.87. The molecular weight excluding hydrogens is 260 g/mol. The van der Waals surface area contributed by atoms with E-state index in [0.29, 0.717) is 5.56 Å². The molecule has 1 unspecified atom stereocenters. The molecule has 2 atom stereocenters. The molecule has 1 rings (SSSR count). The summed E-state index contributed by atoms with van der Waals surface area (Å²) in [5, 5.41) is 20.8. The second-order valence-corrected chi connectivity index (χ2v) is 5.04. The highest BCUT2D eigenvalue weighted by atomic mass is 16.4. The fourth-order valence-electron chi connectivity index (χ4n) is 1.64. The van der Waals surface area contributed by atoms with E-state index in [1.54, 1.807) is 26.0 Å². The minimum atomic E-state index is -1.12. The van der Waals surface area contributed by atoms with Gasteiger partial charge in [0.2, 0.25) is 5.91 Å². The number of nitrogens with two attached hydrogens (primary N) is 1. The molecule has 0 aliphatic carbocycles. The lowest BCUT2D eigenvalue weighted by atomic mass is 10.0. The first kappa shape index (κ1) is 16.0. The van der Waals surface area contributed by atoms with Crippen LogP contribution in [-0.2, 0) is 16.0 Å². The smallest absolute Gasteiger partial charge is 0.326 e. The van der Waals surface area contributed by atoms with Gasteiger partial charge in [0, 0.05) is 6.42 Å². The summed E-state index contributed by atoms with van der Waals surface area (Å²) in [4.78, 5) is 23.0. The van der Waals surface area contributed by atoms with Gasteiger partial charge in [-0.1, -0.05) is 26.0 Å². The highest BCUT2D eigenvalue weighted by Gasteiger charge is 2.24. The monoisotopic (exact) mass is 280 g/mol. The minimum absolute atomic E-state index is 0.0712. The Labute approximate surface area is 117 Å². The van der Waals surface area contributed by atoms with Crippen molar-refractivity contribution >= 4 is 11.9 Å². The van der Waals surface area contributed by atoms with Crippen LogP contribution in [-0.4, -0.2) is 34.2 Å². The maximum atomic E-state index is 11.8. The van der Waals surface area contributed by atoms with Gasteiger partial charge in [-0.15, -0.1) is 0 Å². The molecule has 0 saturated heterocycles. The molecule has 0 aliphatic heterocycles. The molecule has 20 heavy (non-hydrogen) atoms. The first-order valence-corrected chi connectivity index (χ1v) is 6.38. The molecule has 0 radical (unpaired) electrons. The van der Waals surface area contributed by atoms with Gasteiger partial charge >= 0.3 is 5.97 Å². The zero-order chi connectivity index (χ0) is 15.3. The Morgan fingerprint density at radius 1 is 1.25 bits per heavy atom. The lowest BCUT2D eigenvalue weighted by molar-refractivity contribution is -0.142. The number of hydrogen-bond acceptors (Lipinski definition) is 4. The molecule has 0 heterocycles. The number of carbonyl (C=O) groups excluding carboxylic acids is 1. The van der Waals surface area contributed by atoms with E-state index in [-0.39, 0.29) is 18.1 Å². The average molecular weight is 280 g/mol. The Morgan fingerprint density at radius 2 is 1.80 bits per heavy atom. The normalized spacial score (nSPS) is 13.8. The van der Waals surface area contributed by atoms with Crippen molar-refractivity contribution in [1.82, 2.24) is 5.32 Å². The van der Waals surface area contributed by atoms with E-state index in [1.165, 1.54) is 12.1 Å². The number of hydrogen-bond donors (Lipinski definition) is 4. The summed E-state index contributed by atoms with van der Waals surface area (Å²) in [5.41, 5.74) is 6.39. The molecule has 110 valence electrons. The molecule has 1 aromatic rings. The molecule has 6 nitrogen and oxygen atoms in total. The van der Waals surface area contributed by atoms with Gasteiger partial charge < -0.3 is 21.3 Å². The molecule has 1 aromatic carbocycles. The SMILES string of the molecule is CC(C)[C@H](N)C(=O)NC(Cc1ccc(O)cc1)C(=O)O. The van der Waals surface area contributed by atoms with Crippen molar-refractivity contribution in [2.75, 3.05) is 0 Å².